The highest BCUT2D eigenvalue weighted by atomic mass is 15.2. The summed E-state index contributed by atoms with van der Waals surface area (Å²) >= 11 is 0. The van der Waals surface area contributed by atoms with E-state index < -0.39 is 0 Å². The van der Waals surface area contributed by atoms with Crippen molar-refractivity contribution in [3.05, 3.63) is 0 Å². The highest BCUT2D eigenvalue weighted by Gasteiger charge is 2.30. The Morgan fingerprint density at radius 2 is 1.65 bits per heavy atom. The van der Waals surface area contributed by atoms with E-state index in [2.05, 4.69) is 37.9 Å². The monoisotopic (exact) mass is 280 g/mol. The first-order valence-corrected chi connectivity index (χ1v) is 9.07. The molecule has 1 aliphatic carbocycles. The largest absolute Gasteiger partial charge is 0.313 e. The molecule has 118 valence electrons. The Balaban J connectivity index is 1.85. The smallest absolute Gasteiger partial charge is 0.0195 e. The van der Waals surface area contributed by atoms with E-state index in [1.165, 1.54) is 58.0 Å². The van der Waals surface area contributed by atoms with Gasteiger partial charge in [-0.05, 0) is 70.8 Å². The van der Waals surface area contributed by atoms with E-state index in [1.807, 2.05) is 0 Å². The highest BCUT2D eigenvalue weighted by Crippen LogP contribution is 2.33. The zero-order chi connectivity index (χ0) is 14.5. The zero-order valence-electron chi connectivity index (χ0n) is 14.2. The molecule has 2 aliphatic rings. The van der Waals surface area contributed by atoms with Gasteiger partial charge < -0.3 is 5.32 Å². The van der Waals surface area contributed by atoms with E-state index in [0.717, 1.165) is 23.9 Å². The van der Waals surface area contributed by atoms with Crippen LogP contribution < -0.4 is 5.32 Å². The summed E-state index contributed by atoms with van der Waals surface area (Å²) in [5, 5.41) is 3.73. The molecule has 1 aliphatic heterocycles. The molecular formula is C18H36N2. The molecule has 0 spiro atoms. The molecule has 2 nitrogen and oxygen atoms in total. The minimum absolute atomic E-state index is 0.694. The maximum atomic E-state index is 3.73. The summed E-state index contributed by atoms with van der Waals surface area (Å²) in [7, 11) is 0. The lowest BCUT2D eigenvalue weighted by atomic mass is 9.79. The number of nitrogens with zero attached hydrogens (tertiary/aromatic N) is 1. The molecule has 1 N–H and O–H groups in total. The van der Waals surface area contributed by atoms with Crippen LogP contribution in [0, 0.1) is 11.8 Å². The molecule has 2 fully saturated rings. The van der Waals surface area contributed by atoms with Gasteiger partial charge in [0.2, 0.25) is 0 Å². The SMILES string of the molecule is CC(C)C1CCC(N(CC2CCCCN2)C(C)C)CC1. The second-order valence-electron chi connectivity index (χ2n) is 7.75. The van der Waals surface area contributed by atoms with Gasteiger partial charge in [0, 0.05) is 24.7 Å². The molecule has 2 heteroatoms. The van der Waals surface area contributed by atoms with E-state index in [-0.39, 0.29) is 0 Å². The molecule has 0 amide bonds. The van der Waals surface area contributed by atoms with Crippen molar-refractivity contribution in [1.82, 2.24) is 10.2 Å². The van der Waals surface area contributed by atoms with Gasteiger partial charge in [-0.2, -0.15) is 0 Å². The zero-order valence-corrected chi connectivity index (χ0v) is 14.2. The molecule has 1 unspecified atom stereocenters. The van der Waals surface area contributed by atoms with Crippen molar-refractivity contribution in [3.63, 3.8) is 0 Å². The van der Waals surface area contributed by atoms with Gasteiger partial charge >= 0.3 is 0 Å². The fourth-order valence-corrected chi connectivity index (χ4v) is 4.22. The first-order valence-electron chi connectivity index (χ1n) is 9.07. The molecular weight excluding hydrogens is 244 g/mol. The molecule has 0 aromatic rings. The summed E-state index contributed by atoms with van der Waals surface area (Å²) in [4.78, 5) is 2.81. The van der Waals surface area contributed by atoms with Crippen LogP contribution in [0.2, 0.25) is 0 Å². The second-order valence-corrected chi connectivity index (χ2v) is 7.75. The van der Waals surface area contributed by atoms with Gasteiger partial charge in [0.15, 0.2) is 0 Å². The molecule has 0 bridgehead atoms. The van der Waals surface area contributed by atoms with Crippen LogP contribution in [0.15, 0.2) is 0 Å². The maximum absolute atomic E-state index is 3.73. The molecule has 0 aromatic heterocycles. The average molecular weight is 281 g/mol. The van der Waals surface area contributed by atoms with Gasteiger partial charge in [0.25, 0.3) is 0 Å². The first-order chi connectivity index (χ1) is 9.58. The van der Waals surface area contributed by atoms with Gasteiger partial charge in [-0.25, -0.2) is 0 Å². The molecule has 0 aromatic carbocycles. The summed E-state index contributed by atoms with van der Waals surface area (Å²) in [6.07, 6.45) is 9.92. The highest BCUT2D eigenvalue weighted by molar-refractivity contribution is 4.86. The molecule has 20 heavy (non-hydrogen) atoms. The van der Waals surface area contributed by atoms with E-state index >= 15 is 0 Å². The number of hydrogen-bond donors (Lipinski definition) is 1. The van der Waals surface area contributed by atoms with E-state index in [0.29, 0.717) is 6.04 Å². The Morgan fingerprint density at radius 3 is 2.15 bits per heavy atom. The van der Waals surface area contributed by atoms with Gasteiger partial charge in [0.05, 0.1) is 0 Å². The van der Waals surface area contributed by atoms with Crippen LogP contribution in [0.4, 0.5) is 0 Å². The standard InChI is InChI=1S/C18H36N2/c1-14(2)16-8-10-18(11-9-16)20(15(3)4)13-17-7-5-6-12-19-17/h14-19H,5-13H2,1-4H3. The quantitative estimate of drug-likeness (QED) is 0.817. The summed E-state index contributed by atoms with van der Waals surface area (Å²) in [5.74, 6) is 1.86. The first kappa shape index (κ1) is 16.3. The lowest BCUT2D eigenvalue weighted by Gasteiger charge is -2.42. The van der Waals surface area contributed by atoms with Gasteiger partial charge in [-0.15, -0.1) is 0 Å². The summed E-state index contributed by atoms with van der Waals surface area (Å²) in [5.41, 5.74) is 0. The van der Waals surface area contributed by atoms with Crippen molar-refractivity contribution < 1.29 is 0 Å². The van der Waals surface area contributed by atoms with E-state index in [1.54, 1.807) is 0 Å². The van der Waals surface area contributed by atoms with E-state index in [9.17, 15) is 0 Å². The fourth-order valence-electron chi connectivity index (χ4n) is 4.22. The number of piperidine rings is 1. The Morgan fingerprint density at radius 1 is 0.950 bits per heavy atom. The van der Waals surface area contributed by atoms with Gasteiger partial charge in [0.1, 0.15) is 0 Å². The van der Waals surface area contributed by atoms with Crippen molar-refractivity contribution in [2.75, 3.05) is 13.1 Å². The third-order valence-electron chi connectivity index (χ3n) is 5.66. The second kappa shape index (κ2) is 7.79. The Hall–Kier alpha value is -0.0800. The average Bonchev–Trinajstić information content (AvgIpc) is 2.45. The van der Waals surface area contributed by atoms with Crippen LogP contribution in [0.25, 0.3) is 0 Å². The lowest BCUT2D eigenvalue weighted by Crippen LogP contribution is -2.50. The molecule has 2 rings (SSSR count). The summed E-state index contributed by atoms with van der Waals surface area (Å²) < 4.78 is 0. The van der Waals surface area contributed by atoms with Crippen molar-refractivity contribution in [1.29, 1.82) is 0 Å². The van der Waals surface area contributed by atoms with Crippen molar-refractivity contribution in [3.8, 4) is 0 Å². The molecule has 1 atom stereocenters. The van der Waals surface area contributed by atoms with Crippen LogP contribution in [0.5, 0.6) is 0 Å². The predicted molar refractivity (Wildman–Crippen MR) is 88.1 cm³/mol. The molecule has 1 saturated heterocycles. The lowest BCUT2D eigenvalue weighted by molar-refractivity contribution is 0.0816. The number of nitrogens with one attached hydrogen (secondary N) is 1. The number of hydrogen-bond acceptors (Lipinski definition) is 2. The molecule has 1 heterocycles. The van der Waals surface area contributed by atoms with Crippen LogP contribution >= 0.6 is 0 Å². The Bertz CT molecular complexity index is 261. The van der Waals surface area contributed by atoms with Crippen LogP contribution in [0.1, 0.15) is 72.6 Å². The van der Waals surface area contributed by atoms with Crippen molar-refractivity contribution in [2.24, 2.45) is 11.8 Å². The Kier molecular flexibility index (Phi) is 6.35. The van der Waals surface area contributed by atoms with Crippen molar-refractivity contribution >= 4 is 0 Å². The Labute approximate surface area is 126 Å². The van der Waals surface area contributed by atoms with Crippen LogP contribution in [-0.4, -0.2) is 36.1 Å². The molecule has 1 saturated carbocycles. The third kappa shape index (κ3) is 4.46. The summed E-state index contributed by atoms with van der Waals surface area (Å²) in [6.45, 7) is 12.1. The van der Waals surface area contributed by atoms with Crippen molar-refractivity contribution in [2.45, 2.75) is 90.8 Å². The predicted octanol–water partition coefficient (Wildman–Crippen LogP) is 4.05. The fraction of sp³-hybridized carbons (Fsp3) is 1.00. The topological polar surface area (TPSA) is 15.3 Å². The van der Waals surface area contributed by atoms with E-state index in [4.69, 9.17) is 0 Å². The maximum Gasteiger partial charge on any atom is 0.0195 e. The minimum Gasteiger partial charge on any atom is -0.313 e. The van der Waals surface area contributed by atoms with Crippen LogP contribution in [0.3, 0.4) is 0 Å². The van der Waals surface area contributed by atoms with Gasteiger partial charge in [-0.1, -0.05) is 20.3 Å². The summed E-state index contributed by atoms with van der Waals surface area (Å²) in [6, 6.07) is 2.28. The third-order valence-corrected chi connectivity index (χ3v) is 5.66. The molecule has 0 radical (unpaired) electrons. The normalized spacial score (nSPS) is 32.2. The van der Waals surface area contributed by atoms with Crippen LogP contribution in [-0.2, 0) is 0 Å². The number of rotatable bonds is 5. The minimum atomic E-state index is 0.694. The van der Waals surface area contributed by atoms with Gasteiger partial charge in [-0.3, -0.25) is 4.90 Å².